The largest absolute Gasteiger partial charge is 0.633 e. The number of rotatable bonds is 20. The topological polar surface area (TPSA) is 23.1 Å². The quantitative estimate of drug-likeness (QED) is 0.0921. The average molecular weight is 368 g/mol. The van der Waals surface area contributed by atoms with Crippen LogP contribution in [0.2, 0.25) is 0 Å². The molecule has 0 aliphatic carbocycles. The first-order valence-corrected chi connectivity index (χ1v) is 11.8. The van der Waals surface area contributed by atoms with Crippen molar-refractivity contribution in [2.45, 2.75) is 122 Å². The number of likely N-dealkylation sites (N-methyl/N-ethyl adjacent to an activating group) is 1. The molecule has 0 aromatic carbocycles. The minimum absolute atomic E-state index is 0.213. The SMILES string of the molecule is CCCCCCCCCCCCCCCCCCC/C=C/C[N+](C)(C)[O-]. The van der Waals surface area contributed by atoms with E-state index in [1.54, 1.807) is 14.1 Å². The molecule has 0 N–H and O–H groups in total. The minimum Gasteiger partial charge on any atom is -0.633 e. The number of hydrogen-bond acceptors (Lipinski definition) is 1. The van der Waals surface area contributed by atoms with Crippen LogP contribution in [0.5, 0.6) is 0 Å². The van der Waals surface area contributed by atoms with Gasteiger partial charge < -0.3 is 9.85 Å². The van der Waals surface area contributed by atoms with Crippen LogP contribution in [0.25, 0.3) is 0 Å². The highest BCUT2D eigenvalue weighted by Gasteiger charge is 1.96. The van der Waals surface area contributed by atoms with E-state index in [0.29, 0.717) is 6.54 Å². The van der Waals surface area contributed by atoms with Crippen LogP contribution >= 0.6 is 0 Å². The van der Waals surface area contributed by atoms with Gasteiger partial charge >= 0.3 is 0 Å². The van der Waals surface area contributed by atoms with Gasteiger partial charge in [-0.2, -0.15) is 0 Å². The highest BCUT2D eigenvalue weighted by Crippen LogP contribution is 2.14. The maximum Gasteiger partial charge on any atom is 0.0966 e. The van der Waals surface area contributed by atoms with E-state index in [1.165, 1.54) is 109 Å². The van der Waals surface area contributed by atoms with Crippen molar-refractivity contribution in [3.63, 3.8) is 0 Å². The highest BCUT2D eigenvalue weighted by atomic mass is 16.5. The summed E-state index contributed by atoms with van der Waals surface area (Å²) in [6, 6.07) is 0. The summed E-state index contributed by atoms with van der Waals surface area (Å²) in [4.78, 5) is 0. The van der Waals surface area contributed by atoms with Gasteiger partial charge in [-0.3, -0.25) is 0 Å². The fraction of sp³-hybridized carbons (Fsp3) is 0.917. The van der Waals surface area contributed by atoms with Gasteiger partial charge in [0.15, 0.2) is 0 Å². The molecule has 0 aromatic heterocycles. The molecule has 0 fully saturated rings. The molecule has 0 unspecified atom stereocenters. The molecule has 0 saturated carbocycles. The number of hydroxylamine groups is 3. The third-order valence-corrected chi connectivity index (χ3v) is 5.19. The summed E-state index contributed by atoms with van der Waals surface area (Å²) in [6.45, 7) is 2.89. The Hall–Kier alpha value is -0.340. The Morgan fingerprint density at radius 1 is 0.538 bits per heavy atom. The molecule has 0 aromatic rings. The molecule has 0 aliphatic rings. The Labute approximate surface area is 165 Å². The lowest BCUT2D eigenvalue weighted by Crippen LogP contribution is -2.31. The van der Waals surface area contributed by atoms with Crippen molar-refractivity contribution in [2.24, 2.45) is 0 Å². The summed E-state index contributed by atoms with van der Waals surface area (Å²) in [5.74, 6) is 0. The van der Waals surface area contributed by atoms with Crippen LogP contribution in [0.3, 0.4) is 0 Å². The second-order valence-corrected chi connectivity index (χ2v) is 8.67. The van der Waals surface area contributed by atoms with Crippen molar-refractivity contribution < 1.29 is 4.65 Å². The van der Waals surface area contributed by atoms with Crippen molar-refractivity contribution in [1.29, 1.82) is 0 Å². The van der Waals surface area contributed by atoms with Crippen LogP contribution < -0.4 is 0 Å². The molecule has 26 heavy (non-hydrogen) atoms. The van der Waals surface area contributed by atoms with Gasteiger partial charge in [0.25, 0.3) is 0 Å². The molecule has 2 heteroatoms. The lowest BCUT2D eigenvalue weighted by Gasteiger charge is -2.32. The van der Waals surface area contributed by atoms with E-state index in [4.69, 9.17) is 0 Å². The van der Waals surface area contributed by atoms with Gasteiger partial charge in [-0.05, 0) is 18.9 Å². The van der Waals surface area contributed by atoms with E-state index in [2.05, 4.69) is 13.0 Å². The zero-order chi connectivity index (χ0) is 19.3. The first-order valence-electron chi connectivity index (χ1n) is 11.8. The maximum atomic E-state index is 11.4. The Morgan fingerprint density at radius 2 is 0.885 bits per heavy atom. The molecule has 156 valence electrons. The predicted octanol–water partition coefficient (Wildman–Crippen LogP) is 8.16. The van der Waals surface area contributed by atoms with E-state index < -0.39 is 0 Å². The summed E-state index contributed by atoms with van der Waals surface area (Å²) in [5, 5.41) is 11.4. The van der Waals surface area contributed by atoms with Crippen molar-refractivity contribution in [3.05, 3.63) is 17.4 Å². The number of nitrogens with zero attached hydrogens (tertiary/aromatic N) is 1. The molecule has 0 atom stereocenters. The Kier molecular flexibility index (Phi) is 19.2. The molecule has 0 saturated heterocycles. The second-order valence-electron chi connectivity index (χ2n) is 8.67. The third-order valence-electron chi connectivity index (χ3n) is 5.19. The highest BCUT2D eigenvalue weighted by molar-refractivity contribution is 4.81. The minimum atomic E-state index is -0.213. The fourth-order valence-electron chi connectivity index (χ4n) is 3.43. The molecule has 0 aliphatic heterocycles. The van der Waals surface area contributed by atoms with Gasteiger partial charge in [0.05, 0.1) is 20.6 Å². The van der Waals surface area contributed by atoms with Gasteiger partial charge in [0, 0.05) is 0 Å². The van der Waals surface area contributed by atoms with Gasteiger partial charge in [-0.25, -0.2) is 0 Å². The van der Waals surface area contributed by atoms with Gasteiger partial charge in [0.1, 0.15) is 0 Å². The van der Waals surface area contributed by atoms with E-state index in [-0.39, 0.29) is 4.65 Å². The van der Waals surface area contributed by atoms with Crippen molar-refractivity contribution in [3.8, 4) is 0 Å². The first-order chi connectivity index (χ1) is 12.6. The van der Waals surface area contributed by atoms with Gasteiger partial charge in [0.2, 0.25) is 0 Å². The first kappa shape index (κ1) is 25.7. The summed E-state index contributed by atoms with van der Waals surface area (Å²) < 4.78 is -0.213. The molecule has 0 rings (SSSR count). The molecule has 0 radical (unpaired) electrons. The monoisotopic (exact) mass is 367 g/mol. The van der Waals surface area contributed by atoms with Crippen molar-refractivity contribution in [1.82, 2.24) is 0 Å². The average Bonchev–Trinajstić information content (AvgIpc) is 2.59. The lowest BCUT2D eigenvalue weighted by molar-refractivity contribution is -0.833. The number of hydrogen-bond donors (Lipinski definition) is 0. The molecule has 0 bridgehead atoms. The molecule has 0 spiro atoms. The molecular weight excluding hydrogens is 318 g/mol. The van der Waals surface area contributed by atoms with Crippen LogP contribution in [0, 0.1) is 5.21 Å². The van der Waals surface area contributed by atoms with Gasteiger partial charge in [-0.1, -0.05) is 116 Å². The van der Waals surface area contributed by atoms with E-state index >= 15 is 0 Å². The Bertz CT molecular complexity index is 293. The summed E-state index contributed by atoms with van der Waals surface area (Å²) in [5.41, 5.74) is 0. The molecule has 2 nitrogen and oxygen atoms in total. The van der Waals surface area contributed by atoms with Gasteiger partial charge in [-0.15, -0.1) is 0 Å². The number of unbranched alkanes of at least 4 members (excludes halogenated alkanes) is 17. The molecular formula is C24H49NO. The summed E-state index contributed by atoms with van der Waals surface area (Å²) in [7, 11) is 3.39. The smallest absolute Gasteiger partial charge is 0.0966 e. The van der Waals surface area contributed by atoms with E-state index in [0.717, 1.165) is 6.42 Å². The fourth-order valence-corrected chi connectivity index (χ4v) is 3.43. The maximum absolute atomic E-state index is 11.4. The number of allylic oxidation sites excluding steroid dienone is 1. The predicted molar refractivity (Wildman–Crippen MR) is 118 cm³/mol. The Balaban J connectivity index is 3.07. The third kappa shape index (κ3) is 23.7. The zero-order valence-corrected chi connectivity index (χ0v) is 18.4. The molecule has 0 amide bonds. The summed E-state index contributed by atoms with van der Waals surface area (Å²) >= 11 is 0. The van der Waals surface area contributed by atoms with E-state index in [1.807, 2.05) is 6.08 Å². The van der Waals surface area contributed by atoms with Crippen LogP contribution in [-0.4, -0.2) is 25.3 Å². The van der Waals surface area contributed by atoms with Crippen LogP contribution in [-0.2, 0) is 0 Å². The second kappa shape index (κ2) is 19.4. The van der Waals surface area contributed by atoms with E-state index in [9.17, 15) is 5.21 Å². The standard InChI is InChI=1S/C24H49NO/c1-4-5-6-7-8-9-10-11-12-13-14-15-16-17-18-19-20-21-22-23-24-25(2,3)26/h22-23H,4-21,24H2,1-3H3/b23-22+. The zero-order valence-electron chi connectivity index (χ0n) is 18.4. The van der Waals surface area contributed by atoms with Crippen LogP contribution in [0.4, 0.5) is 0 Å². The lowest BCUT2D eigenvalue weighted by atomic mass is 10.0. The van der Waals surface area contributed by atoms with Crippen LogP contribution in [0.1, 0.15) is 122 Å². The normalized spacial score (nSPS) is 12.3. The molecule has 0 heterocycles. The van der Waals surface area contributed by atoms with Crippen molar-refractivity contribution >= 4 is 0 Å². The van der Waals surface area contributed by atoms with Crippen molar-refractivity contribution in [2.75, 3.05) is 20.6 Å². The Morgan fingerprint density at radius 3 is 1.23 bits per heavy atom. The number of quaternary nitrogens is 1. The van der Waals surface area contributed by atoms with Crippen LogP contribution in [0.15, 0.2) is 12.2 Å². The summed E-state index contributed by atoms with van der Waals surface area (Å²) in [6.07, 6.45) is 29.6.